The molecule has 0 saturated carbocycles. The third-order valence-corrected chi connectivity index (χ3v) is 6.13. The summed E-state index contributed by atoms with van der Waals surface area (Å²) in [7, 11) is 1.54. The first-order valence-electron chi connectivity index (χ1n) is 9.94. The van der Waals surface area contributed by atoms with Gasteiger partial charge < -0.3 is 14.5 Å². The van der Waals surface area contributed by atoms with Crippen molar-refractivity contribution < 1.29 is 22.7 Å². The number of alkyl halides is 3. The van der Waals surface area contributed by atoms with Crippen LogP contribution in [0, 0.1) is 11.8 Å². The molecule has 1 aromatic carbocycles. The van der Waals surface area contributed by atoms with Crippen LogP contribution < -0.4 is 9.64 Å². The molecule has 0 radical (unpaired) electrons. The Morgan fingerprint density at radius 3 is 2.42 bits per heavy atom. The minimum absolute atomic E-state index is 0.110. The number of carbonyl (C=O) groups excluding carboxylic acids is 1. The molecule has 31 heavy (non-hydrogen) atoms. The number of anilines is 1. The fourth-order valence-corrected chi connectivity index (χ4v) is 4.62. The molecule has 5 rings (SSSR count). The topological polar surface area (TPSA) is 63.0 Å². The van der Waals surface area contributed by atoms with Gasteiger partial charge in [0.2, 0.25) is 5.82 Å². The Kier molecular flexibility index (Phi) is 4.53. The molecule has 2 fully saturated rings. The number of hydrogen-bond donors (Lipinski definition) is 0. The normalized spacial score (nSPS) is 21.0. The van der Waals surface area contributed by atoms with Crippen molar-refractivity contribution in [3.8, 4) is 5.75 Å². The van der Waals surface area contributed by atoms with Crippen LogP contribution in [0.4, 0.5) is 18.9 Å². The number of pyridine rings is 1. The predicted octanol–water partition coefficient (Wildman–Crippen LogP) is 2.97. The SMILES string of the molecule is COc1ccc2nnc(C(=O)N3C[C@@H]4CN(c5ccccc5C(F)(F)F)C[C@@H]4C3)n2c1. The van der Waals surface area contributed by atoms with Crippen LogP contribution in [0.3, 0.4) is 0 Å². The minimum Gasteiger partial charge on any atom is -0.495 e. The van der Waals surface area contributed by atoms with Crippen molar-refractivity contribution in [2.75, 3.05) is 38.2 Å². The Labute approximate surface area is 176 Å². The van der Waals surface area contributed by atoms with E-state index in [2.05, 4.69) is 10.2 Å². The van der Waals surface area contributed by atoms with Gasteiger partial charge >= 0.3 is 6.18 Å². The summed E-state index contributed by atoms with van der Waals surface area (Å²) in [5.74, 6) is 0.766. The first-order chi connectivity index (χ1) is 14.8. The minimum atomic E-state index is -4.40. The summed E-state index contributed by atoms with van der Waals surface area (Å²) in [6.45, 7) is 1.92. The first kappa shape index (κ1) is 19.7. The van der Waals surface area contributed by atoms with Gasteiger partial charge in [0, 0.05) is 43.7 Å². The van der Waals surface area contributed by atoms with Gasteiger partial charge in [0.1, 0.15) is 5.75 Å². The number of amides is 1. The van der Waals surface area contributed by atoms with Gasteiger partial charge in [0.15, 0.2) is 5.65 Å². The summed E-state index contributed by atoms with van der Waals surface area (Å²) >= 11 is 0. The van der Waals surface area contributed by atoms with Crippen LogP contribution in [0.15, 0.2) is 42.6 Å². The molecule has 3 aromatic rings. The Morgan fingerprint density at radius 1 is 1.03 bits per heavy atom. The van der Waals surface area contributed by atoms with Crippen LogP contribution in [0.2, 0.25) is 0 Å². The van der Waals surface area contributed by atoms with E-state index >= 15 is 0 Å². The highest BCUT2D eigenvalue weighted by Crippen LogP contribution is 2.40. The van der Waals surface area contributed by atoms with Crippen molar-refractivity contribution >= 4 is 17.2 Å². The fourth-order valence-electron chi connectivity index (χ4n) is 4.62. The van der Waals surface area contributed by atoms with E-state index in [0.29, 0.717) is 37.6 Å². The third kappa shape index (κ3) is 3.35. The zero-order valence-corrected chi connectivity index (χ0v) is 16.7. The second kappa shape index (κ2) is 7.14. The summed E-state index contributed by atoms with van der Waals surface area (Å²) in [5.41, 5.74) is 0.128. The van der Waals surface area contributed by atoms with Crippen molar-refractivity contribution in [3.05, 3.63) is 54.0 Å². The molecule has 0 aliphatic carbocycles. The number of methoxy groups -OCH3 is 1. The van der Waals surface area contributed by atoms with Crippen molar-refractivity contribution in [1.82, 2.24) is 19.5 Å². The highest BCUT2D eigenvalue weighted by atomic mass is 19.4. The predicted molar refractivity (Wildman–Crippen MR) is 106 cm³/mol. The lowest BCUT2D eigenvalue weighted by Crippen LogP contribution is -2.34. The van der Waals surface area contributed by atoms with Crippen molar-refractivity contribution in [2.24, 2.45) is 11.8 Å². The smallest absolute Gasteiger partial charge is 0.418 e. The molecule has 0 bridgehead atoms. The van der Waals surface area contributed by atoms with Crippen LogP contribution >= 0.6 is 0 Å². The quantitative estimate of drug-likeness (QED) is 0.638. The third-order valence-electron chi connectivity index (χ3n) is 6.13. The molecule has 1 amide bonds. The summed E-state index contributed by atoms with van der Waals surface area (Å²) in [6, 6.07) is 9.12. The molecule has 0 unspecified atom stereocenters. The van der Waals surface area contributed by atoms with Gasteiger partial charge in [-0.05, 0) is 24.3 Å². The zero-order valence-electron chi connectivity index (χ0n) is 16.7. The number of aromatic nitrogens is 3. The van der Waals surface area contributed by atoms with Crippen LogP contribution in [0.5, 0.6) is 5.75 Å². The Bertz CT molecular complexity index is 1130. The number of ether oxygens (including phenoxy) is 1. The maximum Gasteiger partial charge on any atom is 0.418 e. The lowest BCUT2D eigenvalue weighted by Gasteiger charge is -2.25. The highest BCUT2D eigenvalue weighted by Gasteiger charge is 2.44. The monoisotopic (exact) mass is 431 g/mol. The lowest BCUT2D eigenvalue weighted by molar-refractivity contribution is -0.137. The Hall–Kier alpha value is -3.30. The second-order valence-corrected chi connectivity index (χ2v) is 7.97. The van der Waals surface area contributed by atoms with Gasteiger partial charge in [-0.2, -0.15) is 13.2 Å². The molecule has 4 heterocycles. The van der Waals surface area contributed by atoms with E-state index in [4.69, 9.17) is 4.74 Å². The number of rotatable bonds is 3. The van der Waals surface area contributed by atoms with E-state index in [-0.39, 0.29) is 29.3 Å². The molecule has 7 nitrogen and oxygen atoms in total. The molecule has 0 spiro atoms. The van der Waals surface area contributed by atoms with Crippen molar-refractivity contribution in [3.63, 3.8) is 0 Å². The van der Waals surface area contributed by atoms with E-state index in [1.807, 2.05) is 0 Å². The van der Waals surface area contributed by atoms with E-state index in [1.54, 1.807) is 38.6 Å². The van der Waals surface area contributed by atoms with Crippen LogP contribution in [-0.4, -0.2) is 58.7 Å². The Balaban J connectivity index is 1.33. The fraction of sp³-hybridized carbons (Fsp3) is 0.381. The van der Waals surface area contributed by atoms with Gasteiger partial charge in [0.05, 0.1) is 18.9 Å². The maximum absolute atomic E-state index is 13.4. The number of para-hydroxylation sites is 1. The van der Waals surface area contributed by atoms with Crippen LogP contribution in [0.1, 0.15) is 16.2 Å². The molecule has 2 aliphatic heterocycles. The maximum atomic E-state index is 13.4. The van der Waals surface area contributed by atoms with E-state index in [9.17, 15) is 18.0 Å². The Morgan fingerprint density at radius 2 is 1.74 bits per heavy atom. The molecule has 162 valence electrons. The molecule has 2 aromatic heterocycles. The highest BCUT2D eigenvalue weighted by molar-refractivity contribution is 5.91. The van der Waals surface area contributed by atoms with E-state index < -0.39 is 11.7 Å². The molecule has 0 N–H and O–H groups in total. The largest absolute Gasteiger partial charge is 0.495 e. The average molecular weight is 431 g/mol. The van der Waals surface area contributed by atoms with Crippen LogP contribution in [-0.2, 0) is 6.18 Å². The zero-order chi connectivity index (χ0) is 21.8. The summed E-state index contributed by atoms with van der Waals surface area (Å²) in [6.07, 6.45) is -2.73. The number of carbonyl (C=O) groups is 1. The summed E-state index contributed by atoms with van der Waals surface area (Å²) in [5, 5.41) is 8.08. The molecule has 2 saturated heterocycles. The molecule has 10 heteroatoms. The summed E-state index contributed by atoms with van der Waals surface area (Å²) < 4.78 is 47.0. The average Bonchev–Trinajstić information content (AvgIpc) is 3.45. The van der Waals surface area contributed by atoms with Crippen molar-refractivity contribution in [1.29, 1.82) is 0 Å². The number of halogens is 3. The van der Waals surface area contributed by atoms with Crippen LogP contribution in [0.25, 0.3) is 5.65 Å². The second-order valence-electron chi connectivity index (χ2n) is 7.97. The van der Waals surface area contributed by atoms with E-state index in [1.165, 1.54) is 19.2 Å². The lowest BCUT2D eigenvalue weighted by atomic mass is 10.0. The first-order valence-corrected chi connectivity index (χ1v) is 9.94. The standard InChI is InChI=1S/C21H20F3N5O2/c1-31-15-6-7-18-25-26-19(29(18)12-15)20(30)28-10-13-8-27(9-14(13)11-28)17-5-3-2-4-16(17)21(22,23)24/h2-7,12-14H,8-11H2,1H3/t13-,14+. The molecule has 2 aliphatic rings. The van der Waals surface area contributed by atoms with Gasteiger partial charge in [-0.3, -0.25) is 9.20 Å². The van der Waals surface area contributed by atoms with Gasteiger partial charge in [-0.1, -0.05) is 12.1 Å². The van der Waals surface area contributed by atoms with E-state index in [0.717, 1.165) is 6.07 Å². The number of benzene rings is 1. The van der Waals surface area contributed by atoms with Gasteiger partial charge in [0.25, 0.3) is 5.91 Å². The molecular formula is C21H20F3N5O2. The number of hydrogen-bond acceptors (Lipinski definition) is 5. The van der Waals surface area contributed by atoms with Gasteiger partial charge in [-0.25, -0.2) is 0 Å². The van der Waals surface area contributed by atoms with Crippen molar-refractivity contribution in [2.45, 2.75) is 6.18 Å². The van der Waals surface area contributed by atoms with Gasteiger partial charge in [-0.15, -0.1) is 10.2 Å². The molecule has 2 atom stereocenters. The number of likely N-dealkylation sites (tertiary alicyclic amines) is 1. The molecular weight excluding hydrogens is 411 g/mol. The number of fused-ring (bicyclic) bond motifs is 2. The summed E-state index contributed by atoms with van der Waals surface area (Å²) in [4.78, 5) is 16.6. The number of nitrogens with zero attached hydrogens (tertiary/aromatic N) is 5.